The number of aryl methyl sites for hydroxylation is 1. The Hall–Kier alpha value is -2.38. The first-order valence-electron chi connectivity index (χ1n) is 9.37. The van der Waals surface area contributed by atoms with Gasteiger partial charge in [0.25, 0.3) is 0 Å². The van der Waals surface area contributed by atoms with Crippen molar-refractivity contribution in [2.24, 2.45) is 0 Å². The fourth-order valence-electron chi connectivity index (χ4n) is 3.28. The molecule has 0 aliphatic carbocycles. The Morgan fingerprint density at radius 2 is 1.68 bits per heavy atom. The normalized spacial score (nSPS) is 15.4. The minimum atomic E-state index is -3.58. The van der Waals surface area contributed by atoms with Crippen LogP contribution in [0.4, 0.5) is 0 Å². The number of carbonyl (C=O) groups excluding carboxylic acids is 1. The number of hydrogen-bond donors (Lipinski definition) is 1. The van der Waals surface area contributed by atoms with Crippen LogP contribution in [0, 0.1) is 6.92 Å². The summed E-state index contributed by atoms with van der Waals surface area (Å²) in [5.41, 5.74) is 2.17. The highest BCUT2D eigenvalue weighted by Gasteiger charge is 2.26. The van der Waals surface area contributed by atoms with Crippen LogP contribution in [0.1, 0.15) is 24.0 Å². The Morgan fingerprint density at radius 3 is 2.25 bits per heavy atom. The zero-order valence-electron chi connectivity index (χ0n) is 16.2. The van der Waals surface area contributed by atoms with Crippen LogP contribution in [-0.2, 0) is 21.2 Å². The van der Waals surface area contributed by atoms with Gasteiger partial charge in [0.15, 0.2) is 0 Å². The molecular weight excluding hydrogens is 376 g/mol. The van der Waals surface area contributed by atoms with Gasteiger partial charge in [0.1, 0.15) is 5.75 Å². The van der Waals surface area contributed by atoms with Crippen LogP contribution in [0.15, 0.2) is 53.4 Å². The second kappa shape index (κ2) is 8.75. The van der Waals surface area contributed by atoms with Crippen molar-refractivity contribution in [3.05, 3.63) is 59.7 Å². The van der Waals surface area contributed by atoms with Crippen LogP contribution < -0.4 is 9.46 Å². The molecule has 2 aromatic rings. The molecule has 1 heterocycles. The fraction of sp³-hybridized carbons (Fsp3) is 0.381. The lowest BCUT2D eigenvalue weighted by Gasteiger charge is -2.32. The van der Waals surface area contributed by atoms with Crippen LogP contribution in [0.25, 0.3) is 0 Å². The molecule has 3 rings (SSSR count). The molecule has 1 aliphatic heterocycles. The van der Waals surface area contributed by atoms with E-state index < -0.39 is 10.0 Å². The third-order valence-electron chi connectivity index (χ3n) is 5.02. The van der Waals surface area contributed by atoms with Gasteiger partial charge in [0.2, 0.25) is 15.9 Å². The molecule has 0 saturated carbocycles. The molecule has 150 valence electrons. The summed E-state index contributed by atoms with van der Waals surface area (Å²) < 4.78 is 32.9. The molecular formula is C21H26N2O4S. The monoisotopic (exact) mass is 402 g/mol. The van der Waals surface area contributed by atoms with E-state index in [1.54, 1.807) is 12.1 Å². The molecule has 1 fully saturated rings. The molecule has 0 bridgehead atoms. The number of carbonyl (C=O) groups is 1. The molecule has 28 heavy (non-hydrogen) atoms. The van der Waals surface area contributed by atoms with Crippen molar-refractivity contribution in [2.45, 2.75) is 37.1 Å². The molecule has 0 radical (unpaired) electrons. The van der Waals surface area contributed by atoms with E-state index in [0.717, 1.165) is 5.56 Å². The van der Waals surface area contributed by atoms with Crippen molar-refractivity contribution in [1.29, 1.82) is 0 Å². The minimum Gasteiger partial charge on any atom is -0.497 e. The van der Waals surface area contributed by atoms with Gasteiger partial charge in [0, 0.05) is 19.1 Å². The summed E-state index contributed by atoms with van der Waals surface area (Å²) in [6, 6.07) is 14.1. The van der Waals surface area contributed by atoms with E-state index in [0.29, 0.717) is 38.1 Å². The minimum absolute atomic E-state index is 0.0836. The number of hydrogen-bond acceptors (Lipinski definition) is 4. The zero-order chi connectivity index (χ0) is 20.1. The molecule has 0 atom stereocenters. The van der Waals surface area contributed by atoms with Crippen molar-refractivity contribution in [3.8, 4) is 5.75 Å². The first-order valence-corrected chi connectivity index (χ1v) is 10.9. The Labute approximate surface area is 166 Å². The average molecular weight is 403 g/mol. The van der Waals surface area contributed by atoms with E-state index in [2.05, 4.69) is 4.72 Å². The summed E-state index contributed by atoms with van der Waals surface area (Å²) in [5.74, 6) is 0.694. The summed E-state index contributed by atoms with van der Waals surface area (Å²) in [6.07, 6.45) is 1.59. The predicted octanol–water partition coefficient (Wildman–Crippen LogP) is 2.52. The molecule has 0 aromatic heterocycles. The number of nitrogens with one attached hydrogen (secondary N) is 1. The number of ether oxygens (including phenoxy) is 1. The summed E-state index contributed by atoms with van der Waals surface area (Å²) in [6.45, 7) is 3.13. The van der Waals surface area contributed by atoms with Crippen molar-refractivity contribution >= 4 is 15.9 Å². The molecule has 6 nitrogen and oxygen atoms in total. The van der Waals surface area contributed by atoms with E-state index in [-0.39, 0.29) is 16.8 Å². The van der Waals surface area contributed by atoms with Crippen LogP contribution in [0.5, 0.6) is 5.75 Å². The Bertz CT molecular complexity index is 900. The summed E-state index contributed by atoms with van der Waals surface area (Å²) in [4.78, 5) is 14.5. The van der Waals surface area contributed by atoms with Gasteiger partial charge >= 0.3 is 0 Å². The number of nitrogens with zero attached hydrogens (tertiary/aromatic N) is 1. The predicted molar refractivity (Wildman–Crippen MR) is 108 cm³/mol. The second-order valence-corrected chi connectivity index (χ2v) is 8.83. The van der Waals surface area contributed by atoms with Crippen molar-refractivity contribution in [3.63, 3.8) is 0 Å². The smallest absolute Gasteiger partial charge is 0.240 e. The lowest BCUT2D eigenvalue weighted by Crippen LogP contribution is -2.46. The van der Waals surface area contributed by atoms with E-state index in [1.807, 2.05) is 36.1 Å². The number of sulfonamides is 1. The number of benzene rings is 2. The van der Waals surface area contributed by atoms with Crippen LogP contribution >= 0.6 is 0 Å². The van der Waals surface area contributed by atoms with E-state index in [9.17, 15) is 13.2 Å². The molecule has 0 spiro atoms. The highest BCUT2D eigenvalue weighted by atomic mass is 32.2. The Kier molecular flexibility index (Phi) is 6.36. The van der Waals surface area contributed by atoms with Gasteiger partial charge in [-0.2, -0.15) is 0 Å². The van der Waals surface area contributed by atoms with E-state index in [1.165, 1.54) is 24.8 Å². The molecule has 1 amide bonds. The molecule has 1 saturated heterocycles. The summed E-state index contributed by atoms with van der Waals surface area (Å²) in [5, 5.41) is 0. The molecule has 7 heteroatoms. The number of methoxy groups -OCH3 is 1. The van der Waals surface area contributed by atoms with Gasteiger partial charge in [-0.25, -0.2) is 13.1 Å². The van der Waals surface area contributed by atoms with Gasteiger partial charge in [-0.3, -0.25) is 4.79 Å². The third kappa shape index (κ3) is 5.11. The highest BCUT2D eigenvalue weighted by Crippen LogP contribution is 2.18. The SMILES string of the molecule is COc1ccc(S(=O)(=O)NC2CCN(C(=O)Cc3ccc(C)cc3)CC2)cc1. The maximum atomic E-state index is 12.6. The lowest BCUT2D eigenvalue weighted by atomic mass is 10.0. The molecule has 0 unspecified atom stereocenters. The van der Waals surface area contributed by atoms with Crippen molar-refractivity contribution in [2.75, 3.05) is 20.2 Å². The Balaban J connectivity index is 1.52. The molecule has 1 aliphatic rings. The van der Waals surface area contributed by atoms with Gasteiger partial charge < -0.3 is 9.64 Å². The summed E-state index contributed by atoms with van der Waals surface area (Å²) in [7, 11) is -2.05. The average Bonchev–Trinajstić information content (AvgIpc) is 2.70. The van der Waals surface area contributed by atoms with Gasteiger partial charge in [-0.15, -0.1) is 0 Å². The topological polar surface area (TPSA) is 75.7 Å². The molecule has 2 aromatic carbocycles. The maximum Gasteiger partial charge on any atom is 0.240 e. The largest absolute Gasteiger partial charge is 0.497 e. The maximum absolute atomic E-state index is 12.6. The molecule has 1 N–H and O–H groups in total. The standard InChI is InChI=1S/C21H26N2O4S/c1-16-3-5-17(6-4-16)15-21(24)23-13-11-18(12-14-23)22-28(25,26)20-9-7-19(27-2)8-10-20/h3-10,18,22H,11-15H2,1-2H3. The van der Waals surface area contributed by atoms with E-state index >= 15 is 0 Å². The van der Waals surface area contributed by atoms with Crippen LogP contribution in [-0.4, -0.2) is 45.5 Å². The number of rotatable bonds is 6. The van der Waals surface area contributed by atoms with Crippen LogP contribution in [0.3, 0.4) is 0 Å². The Morgan fingerprint density at radius 1 is 1.07 bits per heavy atom. The number of amides is 1. The van der Waals surface area contributed by atoms with Gasteiger partial charge in [0.05, 0.1) is 18.4 Å². The van der Waals surface area contributed by atoms with Gasteiger partial charge in [-0.05, 0) is 49.6 Å². The quantitative estimate of drug-likeness (QED) is 0.806. The highest BCUT2D eigenvalue weighted by molar-refractivity contribution is 7.89. The lowest BCUT2D eigenvalue weighted by molar-refractivity contribution is -0.131. The second-order valence-electron chi connectivity index (χ2n) is 7.11. The number of likely N-dealkylation sites (tertiary alicyclic amines) is 1. The third-order valence-corrected chi connectivity index (χ3v) is 6.55. The van der Waals surface area contributed by atoms with Gasteiger partial charge in [-0.1, -0.05) is 29.8 Å². The fourth-order valence-corrected chi connectivity index (χ4v) is 4.59. The first-order chi connectivity index (χ1) is 13.4. The van der Waals surface area contributed by atoms with Crippen molar-refractivity contribution in [1.82, 2.24) is 9.62 Å². The zero-order valence-corrected chi connectivity index (χ0v) is 17.0. The van der Waals surface area contributed by atoms with Crippen LogP contribution in [0.2, 0.25) is 0 Å². The van der Waals surface area contributed by atoms with Crippen molar-refractivity contribution < 1.29 is 17.9 Å². The number of piperidine rings is 1. The summed E-state index contributed by atoms with van der Waals surface area (Å²) >= 11 is 0. The van der Waals surface area contributed by atoms with E-state index in [4.69, 9.17) is 4.74 Å². The first kappa shape index (κ1) is 20.4.